The molecular formula is C15H20N2O3S. The van der Waals surface area contributed by atoms with Crippen LogP contribution in [0, 0.1) is 5.92 Å². The molecule has 1 aliphatic carbocycles. The minimum atomic E-state index is -1.59. The highest BCUT2D eigenvalue weighted by Gasteiger charge is 2.30. The number of nitrogens with one attached hydrogen (secondary N) is 1. The molecule has 1 aliphatic heterocycles. The van der Waals surface area contributed by atoms with Gasteiger partial charge in [-0.25, -0.2) is 4.21 Å². The lowest BCUT2D eigenvalue weighted by atomic mass is 9.81. The summed E-state index contributed by atoms with van der Waals surface area (Å²) in [6.07, 6.45) is 5.53. The summed E-state index contributed by atoms with van der Waals surface area (Å²) in [7, 11) is 0. The van der Waals surface area contributed by atoms with E-state index in [9.17, 15) is 14.1 Å². The van der Waals surface area contributed by atoms with Crippen molar-refractivity contribution in [3.05, 3.63) is 23.3 Å². The van der Waals surface area contributed by atoms with Crippen LogP contribution in [0.5, 0.6) is 5.75 Å². The minimum absolute atomic E-state index is 0.0251. The number of amides is 1. The number of aryl methyl sites for hydroxylation is 1. The van der Waals surface area contributed by atoms with Gasteiger partial charge in [-0.15, -0.1) is 0 Å². The smallest absolute Gasteiger partial charge is 0.253 e. The zero-order valence-electron chi connectivity index (χ0n) is 12.1. The molecule has 1 saturated heterocycles. The number of phenolic OH excluding ortho intramolecular Hbond substituents is 1. The number of hydrogen-bond donors (Lipinski definition) is 2. The zero-order chi connectivity index (χ0) is 15.0. The number of phenols is 1. The molecule has 0 bridgehead atoms. The Morgan fingerprint density at radius 1 is 1.43 bits per heavy atom. The molecule has 6 heteroatoms. The average molecular weight is 308 g/mol. The van der Waals surface area contributed by atoms with Crippen LogP contribution in [0.3, 0.4) is 0 Å². The number of fused-ring (bicyclic) bond motifs is 1. The first kappa shape index (κ1) is 14.4. The summed E-state index contributed by atoms with van der Waals surface area (Å²) in [5.74, 6) is 0.505. The molecule has 1 amide bonds. The second kappa shape index (κ2) is 5.67. The fourth-order valence-corrected chi connectivity index (χ4v) is 4.19. The van der Waals surface area contributed by atoms with Crippen molar-refractivity contribution < 1.29 is 14.1 Å². The molecule has 5 nitrogen and oxygen atoms in total. The van der Waals surface area contributed by atoms with Gasteiger partial charge < -0.3 is 5.11 Å². The highest BCUT2D eigenvalue weighted by molar-refractivity contribution is 7.85. The van der Waals surface area contributed by atoms with Gasteiger partial charge in [0.25, 0.3) is 5.91 Å². The lowest BCUT2D eigenvalue weighted by molar-refractivity contribution is -0.117. The molecule has 0 aromatic heterocycles. The molecular weight excluding hydrogens is 288 g/mol. The van der Waals surface area contributed by atoms with E-state index in [1.165, 1.54) is 28.3 Å². The molecule has 1 heterocycles. The maximum Gasteiger partial charge on any atom is 0.253 e. The van der Waals surface area contributed by atoms with Crippen molar-refractivity contribution >= 4 is 22.8 Å². The maximum absolute atomic E-state index is 11.9. The van der Waals surface area contributed by atoms with Crippen molar-refractivity contribution in [3.63, 3.8) is 0 Å². The van der Waals surface area contributed by atoms with E-state index in [1.807, 2.05) is 6.07 Å². The number of nitrogens with zero attached hydrogens (tertiary/aromatic N) is 1. The SMILES string of the molecule is CCCC1CCc2cc(O)c(N3CC(=O)NS3=O)cc2C1. The van der Waals surface area contributed by atoms with Crippen molar-refractivity contribution in [2.45, 2.75) is 39.0 Å². The van der Waals surface area contributed by atoms with Crippen molar-refractivity contribution in [3.8, 4) is 5.75 Å². The van der Waals surface area contributed by atoms with E-state index in [4.69, 9.17) is 0 Å². The Kier molecular flexibility index (Phi) is 3.89. The van der Waals surface area contributed by atoms with Crippen LogP contribution in [0.15, 0.2) is 12.1 Å². The van der Waals surface area contributed by atoms with Gasteiger partial charge in [0.05, 0.1) is 5.69 Å². The molecule has 2 N–H and O–H groups in total. The summed E-state index contributed by atoms with van der Waals surface area (Å²) in [4.78, 5) is 11.3. The molecule has 2 aliphatic rings. The Hall–Kier alpha value is -1.56. The standard InChI is InChI=1S/C15H20N2O3S/c1-2-3-10-4-5-11-8-14(18)13(7-12(11)6-10)17-9-15(19)16-21(17)20/h7-8,10,18H,2-6,9H2,1H3,(H,16,19). The van der Waals surface area contributed by atoms with Crippen LogP contribution in [0.1, 0.15) is 37.3 Å². The van der Waals surface area contributed by atoms with Gasteiger partial charge in [-0.05, 0) is 48.4 Å². The molecule has 114 valence electrons. The topological polar surface area (TPSA) is 69.6 Å². The first-order chi connectivity index (χ1) is 10.1. The Balaban J connectivity index is 1.91. The Morgan fingerprint density at radius 3 is 2.90 bits per heavy atom. The molecule has 0 saturated carbocycles. The number of carbonyl (C=O) groups excluding carboxylic acids is 1. The van der Waals surface area contributed by atoms with E-state index in [-0.39, 0.29) is 18.2 Å². The van der Waals surface area contributed by atoms with E-state index in [2.05, 4.69) is 11.6 Å². The third kappa shape index (κ3) is 2.77. The highest BCUT2D eigenvalue weighted by atomic mass is 32.2. The third-order valence-electron chi connectivity index (χ3n) is 4.28. The summed E-state index contributed by atoms with van der Waals surface area (Å²) < 4.78 is 15.6. The number of hydrogen-bond acceptors (Lipinski definition) is 3. The second-order valence-electron chi connectivity index (χ2n) is 5.82. The van der Waals surface area contributed by atoms with Gasteiger partial charge in [0.15, 0.2) is 0 Å². The number of anilines is 1. The predicted molar refractivity (Wildman–Crippen MR) is 82.2 cm³/mol. The van der Waals surface area contributed by atoms with Crippen LogP contribution in [-0.2, 0) is 28.8 Å². The van der Waals surface area contributed by atoms with Crippen molar-refractivity contribution in [2.75, 3.05) is 10.8 Å². The number of carbonyl (C=O) groups is 1. The quantitative estimate of drug-likeness (QED) is 0.895. The van der Waals surface area contributed by atoms with Crippen molar-refractivity contribution in [2.24, 2.45) is 5.92 Å². The zero-order valence-corrected chi connectivity index (χ0v) is 12.9. The monoisotopic (exact) mass is 308 g/mol. The van der Waals surface area contributed by atoms with Crippen LogP contribution in [0.2, 0.25) is 0 Å². The molecule has 0 radical (unpaired) electrons. The molecule has 2 atom stereocenters. The minimum Gasteiger partial charge on any atom is -0.506 e. The van der Waals surface area contributed by atoms with Gasteiger partial charge in [0, 0.05) is 0 Å². The van der Waals surface area contributed by atoms with E-state index >= 15 is 0 Å². The molecule has 1 aromatic carbocycles. The van der Waals surface area contributed by atoms with Crippen molar-refractivity contribution in [1.82, 2.24) is 4.72 Å². The molecule has 0 spiro atoms. The lowest BCUT2D eigenvalue weighted by Crippen LogP contribution is -2.23. The number of aromatic hydroxyl groups is 1. The summed E-state index contributed by atoms with van der Waals surface area (Å²) in [5.41, 5.74) is 2.87. The molecule has 21 heavy (non-hydrogen) atoms. The molecule has 2 unspecified atom stereocenters. The summed E-state index contributed by atoms with van der Waals surface area (Å²) in [6.45, 7) is 2.22. The van der Waals surface area contributed by atoms with Gasteiger partial charge in [-0.1, -0.05) is 19.8 Å². The molecule has 1 aromatic rings. The Bertz CT molecular complexity index is 603. The van der Waals surface area contributed by atoms with Gasteiger partial charge in [-0.2, -0.15) is 0 Å². The van der Waals surface area contributed by atoms with Gasteiger partial charge in [0.1, 0.15) is 12.3 Å². The summed E-state index contributed by atoms with van der Waals surface area (Å²) >= 11 is -1.59. The summed E-state index contributed by atoms with van der Waals surface area (Å²) in [5, 5.41) is 10.2. The maximum atomic E-state index is 11.9. The largest absolute Gasteiger partial charge is 0.506 e. The first-order valence-corrected chi connectivity index (χ1v) is 8.52. The van der Waals surface area contributed by atoms with Gasteiger partial charge >= 0.3 is 0 Å². The van der Waals surface area contributed by atoms with E-state index < -0.39 is 11.2 Å². The van der Waals surface area contributed by atoms with Gasteiger partial charge in [-0.3, -0.25) is 13.8 Å². The Labute approximate surface area is 127 Å². The van der Waals surface area contributed by atoms with Crippen LogP contribution in [0.25, 0.3) is 0 Å². The van der Waals surface area contributed by atoms with E-state index in [1.54, 1.807) is 6.07 Å². The summed E-state index contributed by atoms with van der Waals surface area (Å²) in [6, 6.07) is 3.68. The average Bonchev–Trinajstić information content (AvgIpc) is 2.77. The third-order valence-corrected chi connectivity index (χ3v) is 5.41. The highest BCUT2D eigenvalue weighted by Crippen LogP contribution is 2.37. The van der Waals surface area contributed by atoms with Crippen LogP contribution in [0.4, 0.5) is 5.69 Å². The normalized spacial score (nSPS) is 24.8. The molecule has 3 rings (SSSR count). The Morgan fingerprint density at radius 2 is 2.24 bits per heavy atom. The fraction of sp³-hybridized carbons (Fsp3) is 0.533. The molecule has 1 fully saturated rings. The first-order valence-electron chi connectivity index (χ1n) is 7.42. The van der Waals surface area contributed by atoms with Crippen molar-refractivity contribution in [1.29, 1.82) is 0 Å². The number of benzene rings is 1. The van der Waals surface area contributed by atoms with Crippen LogP contribution in [-0.4, -0.2) is 21.8 Å². The van der Waals surface area contributed by atoms with Crippen LogP contribution < -0.4 is 9.03 Å². The lowest BCUT2D eigenvalue weighted by Gasteiger charge is -2.26. The predicted octanol–water partition coefficient (Wildman–Crippen LogP) is 1.81. The van der Waals surface area contributed by atoms with E-state index in [0.29, 0.717) is 11.6 Å². The fourth-order valence-electron chi connectivity index (χ4n) is 3.26. The van der Waals surface area contributed by atoms with Crippen LogP contribution >= 0.6 is 0 Å². The van der Waals surface area contributed by atoms with E-state index in [0.717, 1.165) is 19.3 Å². The number of rotatable bonds is 3. The van der Waals surface area contributed by atoms with Gasteiger partial charge in [0.2, 0.25) is 11.2 Å². The second-order valence-corrected chi connectivity index (χ2v) is 6.96.